The van der Waals surface area contributed by atoms with E-state index in [0.717, 1.165) is 15.8 Å². The van der Waals surface area contributed by atoms with Crippen molar-refractivity contribution < 1.29 is 14.3 Å². The van der Waals surface area contributed by atoms with Gasteiger partial charge in [0.15, 0.2) is 0 Å². The first-order chi connectivity index (χ1) is 13.5. The number of nitrogens with one attached hydrogen (secondary N) is 1. The van der Waals surface area contributed by atoms with E-state index in [1.54, 1.807) is 11.8 Å². The molecule has 0 spiro atoms. The second-order valence-electron chi connectivity index (χ2n) is 6.49. The molecular weight excluding hydrogens is 420 g/mol. The fraction of sp³-hybridized carbons (Fsp3) is 0.364. The van der Waals surface area contributed by atoms with Gasteiger partial charge in [-0.05, 0) is 50.1 Å². The lowest BCUT2D eigenvalue weighted by atomic mass is 10.1. The quantitative estimate of drug-likeness (QED) is 0.557. The minimum Gasteiger partial charge on any atom is -0.494 e. The van der Waals surface area contributed by atoms with Crippen molar-refractivity contribution in [1.82, 2.24) is 10.2 Å². The van der Waals surface area contributed by atoms with Crippen LogP contribution in [-0.4, -0.2) is 35.9 Å². The number of hydrogen-bond acceptors (Lipinski definition) is 3. The first kappa shape index (κ1) is 22.0. The maximum absolute atomic E-state index is 12.9. The van der Waals surface area contributed by atoms with Gasteiger partial charge in [-0.1, -0.05) is 46.3 Å². The van der Waals surface area contributed by atoms with Gasteiger partial charge in [-0.3, -0.25) is 9.59 Å². The van der Waals surface area contributed by atoms with Gasteiger partial charge in [0, 0.05) is 24.0 Å². The van der Waals surface area contributed by atoms with Gasteiger partial charge in [0.1, 0.15) is 11.8 Å². The summed E-state index contributed by atoms with van der Waals surface area (Å²) in [6.45, 7) is 5.01. The van der Waals surface area contributed by atoms with E-state index in [1.807, 2.05) is 61.5 Å². The second-order valence-corrected chi connectivity index (χ2v) is 7.40. The molecular formula is C22H27BrN2O3. The SMILES string of the molecule is CCNC(=O)[C@@H](C)N(Cc1cccc(Br)c1)C(=O)CCCOc1ccccc1. The monoisotopic (exact) mass is 446 g/mol. The zero-order valence-electron chi connectivity index (χ0n) is 16.4. The predicted molar refractivity (Wildman–Crippen MR) is 114 cm³/mol. The van der Waals surface area contributed by atoms with Crippen LogP contribution in [0.5, 0.6) is 5.75 Å². The van der Waals surface area contributed by atoms with E-state index in [4.69, 9.17) is 4.74 Å². The van der Waals surface area contributed by atoms with Gasteiger partial charge in [-0.2, -0.15) is 0 Å². The molecule has 1 atom stereocenters. The summed E-state index contributed by atoms with van der Waals surface area (Å²) < 4.78 is 6.60. The van der Waals surface area contributed by atoms with Crippen LogP contribution in [-0.2, 0) is 16.1 Å². The lowest BCUT2D eigenvalue weighted by molar-refractivity contribution is -0.140. The fourth-order valence-corrected chi connectivity index (χ4v) is 3.26. The van der Waals surface area contributed by atoms with Crippen LogP contribution in [0.4, 0.5) is 0 Å². The summed E-state index contributed by atoms with van der Waals surface area (Å²) in [7, 11) is 0. The van der Waals surface area contributed by atoms with Crippen LogP contribution < -0.4 is 10.1 Å². The van der Waals surface area contributed by atoms with Gasteiger partial charge >= 0.3 is 0 Å². The summed E-state index contributed by atoms with van der Waals surface area (Å²) in [5, 5.41) is 2.80. The maximum Gasteiger partial charge on any atom is 0.242 e. The molecule has 0 radical (unpaired) electrons. The molecule has 0 aliphatic rings. The molecule has 0 heterocycles. The highest BCUT2D eigenvalue weighted by molar-refractivity contribution is 9.10. The van der Waals surface area contributed by atoms with E-state index >= 15 is 0 Å². The van der Waals surface area contributed by atoms with E-state index in [2.05, 4.69) is 21.2 Å². The molecule has 0 saturated carbocycles. The largest absolute Gasteiger partial charge is 0.494 e. The lowest BCUT2D eigenvalue weighted by Crippen LogP contribution is -2.47. The Morgan fingerprint density at radius 1 is 1.14 bits per heavy atom. The lowest BCUT2D eigenvalue weighted by Gasteiger charge is -2.29. The van der Waals surface area contributed by atoms with Gasteiger partial charge < -0.3 is 15.0 Å². The molecule has 0 aliphatic heterocycles. The summed E-state index contributed by atoms with van der Waals surface area (Å²) >= 11 is 3.45. The highest BCUT2D eigenvalue weighted by atomic mass is 79.9. The fourth-order valence-electron chi connectivity index (χ4n) is 2.81. The number of halogens is 1. The van der Waals surface area contributed by atoms with Crippen molar-refractivity contribution in [2.75, 3.05) is 13.2 Å². The van der Waals surface area contributed by atoms with E-state index in [-0.39, 0.29) is 11.8 Å². The molecule has 2 aromatic rings. The molecule has 1 N–H and O–H groups in total. The van der Waals surface area contributed by atoms with Gasteiger partial charge in [0.25, 0.3) is 0 Å². The summed E-state index contributed by atoms with van der Waals surface area (Å²) in [6, 6.07) is 16.8. The Hall–Kier alpha value is -2.34. The van der Waals surface area contributed by atoms with E-state index in [9.17, 15) is 9.59 Å². The number of para-hydroxylation sites is 1. The molecule has 2 aromatic carbocycles. The third-order valence-corrected chi connectivity index (χ3v) is 4.80. The van der Waals surface area contributed by atoms with E-state index in [0.29, 0.717) is 32.5 Å². The highest BCUT2D eigenvalue weighted by Crippen LogP contribution is 2.16. The highest BCUT2D eigenvalue weighted by Gasteiger charge is 2.25. The van der Waals surface area contributed by atoms with Gasteiger partial charge in [0.2, 0.25) is 11.8 Å². The summed E-state index contributed by atoms with van der Waals surface area (Å²) in [4.78, 5) is 26.8. The maximum atomic E-state index is 12.9. The number of carbonyl (C=O) groups excluding carboxylic acids is 2. The zero-order chi connectivity index (χ0) is 20.4. The number of amides is 2. The first-order valence-corrected chi connectivity index (χ1v) is 10.3. The molecule has 150 valence electrons. The topological polar surface area (TPSA) is 58.6 Å². The molecule has 0 unspecified atom stereocenters. The molecule has 0 saturated heterocycles. The molecule has 5 nitrogen and oxygen atoms in total. The summed E-state index contributed by atoms with van der Waals surface area (Å²) in [5.74, 6) is 0.582. The molecule has 6 heteroatoms. The van der Waals surface area contributed by atoms with Crippen LogP contribution in [0.3, 0.4) is 0 Å². The average Bonchev–Trinajstić information content (AvgIpc) is 2.70. The molecule has 0 fully saturated rings. The van der Waals surface area contributed by atoms with Crippen molar-refractivity contribution in [3.63, 3.8) is 0 Å². The Labute approximate surface area is 175 Å². The predicted octanol–water partition coefficient (Wildman–Crippen LogP) is 4.16. The van der Waals surface area contributed by atoms with Crippen molar-refractivity contribution in [2.24, 2.45) is 0 Å². The van der Waals surface area contributed by atoms with Gasteiger partial charge in [-0.15, -0.1) is 0 Å². The van der Waals surface area contributed by atoms with Crippen LogP contribution in [0.1, 0.15) is 32.3 Å². The normalized spacial score (nSPS) is 11.5. The van der Waals surface area contributed by atoms with Crippen molar-refractivity contribution in [3.05, 3.63) is 64.6 Å². The van der Waals surface area contributed by atoms with Crippen LogP contribution >= 0.6 is 15.9 Å². The van der Waals surface area contributed by atoms with Crippen molar-refractivity contribution in [2.45, 2.75) is 39.3 Å². The van der Waals surface area contributed by atoms with Gasteiger partial charge in [-0.25, -0.2) is 0 Å². The minimum atomic E-state index is -0.540. The second kappa shape index (κ2) is 11.5. The third-order valence-electron chi connectivity index (χ3n) is 4.31. The zero-order valence-corrected chi connectivity index (χ0v) is 17.9. The van der Waals surface area contributed by atoms with Crippen LogP contribution in [0, 0.1) is 0 Å². The summed E-state index contributed by atoms with van der Waals surface area (Å²) in [6.07, 6.45) is 0.912. The summed E-state index contributed by atoms with van der Waals surface area (Å²) in [5.41, 5.74) is 0.972. The third kappa shape index (κ3) is 7.00. The van der Waals surface area contributed by atoms with E-state index in [1.165, 1.54) is 0 Å². The number of carbonyl (C=O) groups is 2. The first-order valence-electron chi connectivity index (χ1n) is 9.50. The number of nitrogens with zero attached hydrogens (tertiary/aromatic N) is 1. The Balaban J connectivity index is 1.98. The molecule has 2 amide bonds. The van der Waals surface area contributed by atoms with Gasteiger partial charge in [0.05, 0.1) is 6.61 Å². The number of hydrogen-bond donors (Lipinski definition) is 1. The Morgan fingerprint density at radius 3 is 2.57 bits per heavy atom. The van der Waals surface area contributed by atoms with Crippen LogP contribution in [0.15, 0.2) is 59.1 Å². The number of benzene rings is 2. The van der Waals surface area contributed by atoms with Crippen molar-refractivity contribution >= 4 is 27.7 Å². The Morgan fingerprint density at radius 2 is 1.89 bits per heavy atom. The van der Waals surface area contributed by atoms with E-state index < -0.39 is 6.04 Å². The van der Waals surface area contributed by atoms with Crippen LogP contribution in [0.25, 0.3) is 0 Å². The minimum absolute atomic E-state index is 0.0598. The molecule has 0 aromatic heterocycles. The van der Waals surface area contributed by atoms with Crippen molar-refractivity contribution in [1.29, 1.82) is 0 Å². The van der Waals surface area contributed by atoms with Crippen molar-refractivity contribution in [3.8, 4) is 5.75 Å². The standard InChI is InChI=1S/C22H27BrN2O3/c1-3-24-22(27)17(2)25(16-18-9-7-10-19(23)15-18)21(26)13-8-14-28-20-11-5-4-6-12-20/h4-7,9-12,15,17H,3,8,13-14,16H2,1-2H3,(H,24,27)/t17-/m1/s1. The molecule has 28 heavy (non-hydrogen) atoms. The molecule has 0 aliphatic carbocycles. The van der Waals surface area contributed by atoms with Crippen LogP contribution in [0.2, 0.25) is 0 Å². The number of rotatable bonds is 10. The molecule has 2 rings (SSSR count). The number of ether oxygens (including phenoxy) is 1. The Kier molecular flexibility index (Phi) is 9.01. The number of likely N-dealkylation sites (N-methyl/N-ethyl adjacent to an activating group) is 1. The smallest absolute Gasteiger partial charge is 0.242 e. The average molecular weight is 447 g/mol. The molecule has 0 bridgehead atoms. The Bertz CT molecular complexity index is 767.